The Morgan fingerprint density at radius 1 is 1.37 bits per heavy atom. The summed E-state index contributed by atoms with van der Waals surface area (Å²) in [6.07, 6.45) is 1.62. The van der Waals surface area contributed by atoms with Gasteiger partial charge in [-0.3, -0.25) is 9.78 Å². The lowest BCUT2D eigenvalue weighted by atomic mass is 10.2. The van der Waals surface area contributed by atoms with Crippen LogP contribution >= 0.6 is 0 Å². The zero-order valence-corrected chi connectivity index (χ0v) is 11.1. The molecule has 0 aliphatic rings. The van der Waals surface area contributed by atoms with Crippen LogP contribution in [0, 0.1) is 0 Å². The van der Waals surface area contributed by atoms with Crippen molar-refractivity contribution in [3.05, 3.63) is 36.2 Å². The molecule has 1 atom stereocenters. The smallest absolute Gasteiger partial charge is 0.273 e. The Morgan fingerprint density at radius 2 is 2.05 bits per heavy atom. The van der Waals surface area contributed by atoms with E-state index >= 15 is 0 Å². The van der Waals surface area contributed by atoms with E-state index in [-0.39, 0.29) is 5.91 Å². The molecule has 1 amide bonds. The number of fused-ring (bicyclic) bond motifs is 1. The van der Waals surface area contributed by atoms with Crippen LogP contribution in [0.3, 0.4) is 0 Å². The molecule has 1 unspecified atom stereocenters. The molecular weight excluding hydrogens is 242 g/mol. The average Bonchev–Trinajstić information content (AvgIpc) is 2.43. The fourth-order valence-corrected chi connectivity index (χ4v) is 1.74. The Labute approximate surface area is 111 Å². The average molecular weight is 259 g/mol. The molecule has 0 aliphatic heterocycles. The molecule has 0 saturated heterocycles. The molecule has 0 spiro atoms. The van der Waals surface area contributed by atoms with E-state index in [9.17, 15) is 9.90 Å². The second-order valence-electron chi connectivity index (χ2n) is 4.61. The SMILES string of the molecule is CC(O)CCN(C)C(=O)c1cnc2ccccc2n1. The summed E-state index contributed by atoms with van der Waals surface area (Å²) in [5.74, 6) is -0.182. The molecule has 1 heterocycles. The van der Waals surface area contributed by atoms with E-state index in [0.717, 1.165) is 5.52 Å². The number of aliphatic hydroxyl groups is 1. The molecule has 0 bridgehead atoms. The van der Waals surface area contributed by atoms with Gasteiger partial charge in [0.15, 0.2) is 0 Å². The van der Waals surface area contributed by atoms with Crippen LogP contribution in [-0.4, -0.2) is 45.6 Å². The number of nitrogens with zero attached hydrogens (tertiary/aromatic N) is 3. The van der Waals surface area contributed by atoms with Crippen LogP contribution in [-0.2, 0) is 0 Å². The number of hydrogen-bond donors (Lipinski definition) is 1. The van der Waals surface area contributed by atoms with Crippen molar-refractivity contribution in [2.75, 3.05) is 13.6 Å². The zero-order valence-electron chi connectivity index (χ0n) is 11.1. The van der Waals surface area contributed by atoms with Crippen LogP contribution < -0.4 is 0 Å². The maximum Gasteiger partial charge on any atom is 0.273 e. The van der Waals surface area contributed by atoms with Gasteiger partial charge in [0.2, 0.25) is 0 Å². The van der Waals surface area contributed by atoms with Gasteiger partial charge in [-0.2, -0.15) is 0 Å². The van der Waals surface area contributed by atoms with Gasteiger partial charge in [0.1, 0.15) is 5.69 Å². The van der Waals surface area contributed by atoms with Crippen LogP contribution in [0.15, 0.2) is 30.5 Å². The quantitative estimate of drug-likeness (QED) is 0.903. The summed E-state index contributed by atoms with van der Waals surface area (Å²) in [6.45, 7) is 2.19. The number of benzene rings is 1. The highest BCUT2D eigenvalue weighted by Gasteiger charge is 2.14. The molecule has 2 rings (SSSR count). The van der Waals surface area contributed by atoms with E-state index in [1.165, 1.54) is 6.20 Å². The largest absolute Gasteiger partial charge is 0.393 e. The molecule has 19 heavy (non-hydrogen) atoms. The number of aromatic nitrogens is 2. The van der Waals surface area contributed by atoms with Crippen molar-refractivity contribution in [1.82, 2.24) is 14.9 Å². The lowest BCUT2D eigenvalue weighted by molar-refractivity contribution is 0.0763. The molecule has 5 heteroatoms. The summed E-state index contributed by atoms with van der Waals surface area (Å²) >= 11 is 0. The number of rotatable bonds is 4. The van der Waals surface area contributed by atoms with Gasteiger partial charge in [-0.25, -0.2) is 4.98 Å². The van der Waals surface area contributed by atoms with Gasteiger partial charge in [-0.1, -0.05) is 12.1 Å². The normalized spacial score (nSPS) is 12.4. The highest BCUT2D eigenvalue weighted by atomic mass is 16.3. The van der Waals surface area contributed by atoms with Crippen LogP contribution in [0.5, 0.6) is 0 Å². The number of para-hydroxylation sites is 2. The van der Waals surface area contributed by atoms with E-state index in [1.807, 2.05) is 24.3 Å². The molecule has 0 saturated carbocycles. The fraction of sp³-hybridized carbons (Fsp3) is 0.357. The minimum Gasteiger partial charge on any atom is -0.393 e. The number of carbonyl (C=O) groups is 1. The van der Waals surface area contributed by atoms with Crippen LogP contribution in [0.4, 0.5) is 0 Å². The second kappa shape index (κ2) is 5.75. The maximum atomic E-state index is 12.1. The fourth-order valence-electron chi connectivity index (χ4n) is 1.74. The first-order valence-electron chi connectivity index (χ1n) is 6.23. The van der Waals surface area contributed by atoms with E-state index < -0.39 is 6.10 Å². The lowest BCUT2D eigenvalue weighted by Gasteiger charge is -2.17. The summed E-state index contributed by atoms with van der Waals surface area (Å²) in [5, 5.41) is 9.23. The van der Waals surface area contributed by atoms with Crippen molar-refractivity contribution in [1.29, 1.82) is 0 Å². The predicted molar refractivity (Wildman–Crippen MR) is 72.8 cm³/mol. The number of aliphatic hydroxyl groups excluding tert-OH is 1. The summed E-state index contributed by atoms with van der Waals surface area (Å²) in [5.41, 5.74) is 1.80. The van der Waals surface area contributed by atoms with E-state index in [0.29, 0.717) is 24.2 Å². The van der Waals surface area contributed by atoms with Crippen molar-refractivity contribution in [2.45, 2.75) is 19.4 Å². The molecule has 5 nitrogen and oxygen atoms in total. The first kappa shape index (κ1) is 13.4. The predicted octanol–water partition coefficient (Wildman–Crippen LogP) is 1.47. The van der Waals surface area contributed by atoms with Crippen LogP contribution in [0.1, 0.15) is 23.8 Å². The molecule has 0 radical (unpaired) electrons. The first-order chi connectivity index (χ1) is 9.08. The zero-order chi connectivity index (χ0) is 13.8. The van der Waals surface area contributed by atoms with Gasteiger partial charge >= 0.3 is 0 Å². The van der Waals surface area contributed by atoms with E-state index in [4.69, 9.17) is 0 Å². The highest BCUT2D eigenvalue weighted by molar-refractivity contribution is 5.93. The summed E-state index contributed by atoms with van der Waals surface area (Å²) in [6, 6.07) is 7.43. The van der Waals surface area contributed by atoms with Crippen molar-refractivity contribution in [3.63, 3.8) is 0 Å². The van der Waals surface area contributed by atoms with E-state index in [2.05, 4.69) is 9.97 Å². The van der Waals surface area contributed by atoms with Gasteiger partial charge in [0.25, 0.3) is 5.91 Å². The molecule has 2 aromatic rings. The summed E-state index contributed by atoms with van der Waals surface area (Å²) in [7, 11) is 1.70. The van der Waals surface area contributed by atoms with Gasteiger partial charge in [0, 0.05) is 13.6 Å². The highest BCUT2D eigenvalue weighted by Crippen LogP contribution is 2.10. The standard InChI is InChI=1S/C14H17N3O2/c1-10(18)7-8-17(2)14(19)13-9-15-11-5-3-4-6-12(11)16-13/h3-6,9-10,18H,7-8H2,1-2H3. The van der Waals surface area contributed by atoms with Gasteiger partial charge in [0.05, 0.1) is 23.3 Å². The topological polar surface area (TPSA) is 66.3 Å². The molecule has 1 aromatic carbocycles. The minimum atomic E-state index is -0.419. The third-order valence-electron chi connectivity index (χ3n) is 2.90. The van der Waals surface area contributed by atoms with Crippen molar-refractivity contribution >= 4 is 16.9 Å². The molecule has 1 aromatic heterocycles. The maximum absolute atomic E-state index is 12.1. The Morgan fingerprint density at radius 3 is 2.74 bits per heavy atom. The number of carbonyl (C=O) groups excluding carboxylic acids is 1. The summed E-state index contributed by atoms with van der Waals surface area (Å²) in [4.78, 5) is 22.2. The van der Waals surface area contributed by atoms with E-state index in [1.54, 1.807) is 18.9 Å². The van der Waals surface area contributed by atoms with Gasteiger partial charge in [-0.15, -0.1) is 0 Å². The Kier molecular flexibility index (Phi) is 4.06. The Hall–Kier alpha value is -2.01. The number of hydrogen-bond acceptors (Lipinski definition) is 4. The molecule has 1 N–H and O–H groups in total. The molecule has 100 valence electrons. The van der Waals surface area contributed by atoms with Crippen molar-refractivity contribution in [2.24, 2.45) is 0 Å². The molecule has 0 aliphatic carbocycles. The monoisotopic (exact) mass is 259 g/mol. The third-order valence-corrected chi connectivity index (χ3v) is 2.90. The lowest BCUT2D eigenvalue weighted by Crippen LogP contribution is -2.30. The van der Waals surface area contributed by atoms with Crippen molar-refractivity contribution < 1.29 is 9.90 Å². The summed E-state index contributed by atoms with van der Waals surface area (Å²) < 4.78 is 0. The Balaban J connectivity index is 2.16. The third kappa shape index (κ3) is 3.26. The molecule has 0 fully saturated rings. The molecular formula is C14H17N3O2. The first-order valence-corrected chi connectivity index (χ1v) is 6.23. The number of amides is 1. The minimum absolute atomic E-state index is 0.182. The van der Waals surface area contributed by atoms with Crippen LogP contribution in [0.25, 0.3) is 11.0 Å². The van der Waals surface area contributed by atoms with Crippen LogP contribution in [0.2, 0.25) is 0 Å². The van der Waals surface area contributed by atoms with Crippen molar-refractivity contribution in [3.8, 4) is 0 Å². The second-order valence-corrected chi connectivity index (χ2v) is 4.61. The van der Waals surface area contributed by atoms with Gasteiger partial charge < -0.3 is 10.0 Å². The Bertz CT molecular complexity index is 584. The van der Waals surface area contributed by atoms with Gasteiger partial charge in [-0.05, 0) is 25.5 Å².